The Morgan fingerprint density at radius 3 is 2.15 bits per heavy atom. The number of rotatable bonds is 5. The minimum atomic E-state index is -3.13. The molecule has 4 aromatic rings. The summed E-state index contributed by atoms with van der Waals surface area (Å²) in [4.78, 5) is 20.2. The second-order valence-corrected chi connectivity index (χ2v) is 10.2. The summed E-state index contributed by atoms with van der Waals surface area (Å²) in [7, 11) is -3.13. The smallest absolute Gasteiger partial charge is 0.296 e. The molecule has 1 aliphatic heterocycles. The van der Waals surface area contributed by atoms with Gasteiger partial charge in [-0.2, -0.15) is 4.31 Å². The number of aromatic nitrogens is 3. The molecule has 0 saturated carbocycles. The van der Waals surface area contributed by atoms with Crippen LogP contribution in [0.1, 0.15) is 5.56 Å². The molecule has 9 heteroatoms. The highest BCUT2D eigenvalue weighted by molar-refractivity contribution is 7.88. The zero-order chi connectivity index (χ0) is 23.0. The topological polar surface area (TPSA) is 80.4 Å². The SMILES string of the molecule is CS(=O)(=O)N1CCN(Cc2ccc(-n3c(=O)n(-c4ccccc4)c4cccnc43)cc2)CC1. The third kappa shape index (κ3) is 4.22. The fourth-order valence-electron chi connectivity index (χ4n) is 4.32. The van der Waals surface area contributed by atoms with Crippen LogP contribution in [0.3, 0.4) is 0 Å². The van der Waals surface area contributed by atoms with Crippen LogP contribution in [0.2, 0.25) is 0 Å². The summed E-state index contributed by atoms with van der Waals surface area (Å²) in [5.41, 5.74) is 3.85. The lowest BCUT2D eigenvalue weighted by atomic mass is 10.2. The lowest BCUT2D eigenvalue weighted by molar-refractivity contribution is 0.182. The summed E-state index contributed by atoms with van der Waals surface area (Å²) in [6, 6.07) is 21.2. The van der Waals surface area contributed by atoms with Gasteiger partial charge >= 0.3 is 5.69 Å². The van der Waals surface area contributed by atoms with Crippen molar-refractivity contribution in [1.29, 1.82) is 0 Å². The van der Waals surface area contributed by atoms with Crippen LogP contribution in [0.25, 0.3) is 22.5 Å². The van der Waals surface area contributed by atoms with Crippen molar-refractivity contribution in [3.8, 4) is 11.4 Å². The van der Waals surface area contributed by atoms with Gasteiger partial charge < -0.3 is 0 Å². The largest absolute Gasteiger partial charge is 0.339 e. The number of para-hydroxylation sites is 1. The first kappa shape index (κ1) is 21.6. The molecule has 2 aromatic heterocycles. The number of benzene rings is 2. The third-order valence-corrected chi connectivity index (χ3v) is 7.32. The van der Waals surface area contributed by atoms with E-state index in [2.05, 4.69) is 9.88 Å². The molecule has 0 unspecified atom stereocenters. The number of nitrogens with zero attached hydrogens (tertiary/aromatic N) is 5. The molecule has 1 aliphatic rings. The van der Waals surface area contributed by atoms with Gasteiger partial charge in [0.2, 0.25) is 10.0 Å². The normalized spacial score (nSPS) is 15.8. The van der Waals surface area contributed by atoms with Crippen LogP contribution in [0.4, 0.5) is 0 Å². The van der Waals surface area contributed by atoms with Gasteiger partial charge in [-0.15, -0.1) is 0 Å². The van der Waals surface area contributed by atoms with E-state index in [9.17, 15) is 13.2 Å². The molecule has 0 spiro atoms. The highest BCUT2D eigenvalue weighted by Gasteiger charge is 2.23. The van der Waals surface area contributed by atoms with Gasteiger partial charge in [-0.3, -0.25) is 9.47 Å². The molecule has 0 bridgehead atoms. The minimum absolute atomic E-state index is 0.167. The highest BCUT2D eigenvalue weighted by Crippen LogP contribution is 2.20. The number of piperazine rings is 1. The average Bonchev–Trinajstić information content (AvgIpc) is 3.12. The summed E-state index contributed by atoms with van der Waals surface area (Å²) < 4.78 is 28.3. The van der Waals surface area contributed by atoms with Crippen LogP contribution >= 0.6 is 0 Å². The van der Waals surface area contributed by atoms with Crippen LogP contribution in [-0.4, -0.2) is 64.2 Å². The van der Waals surface area contributed by atoms with Gasteiger partial charge in [-0.25, -0.2) is 22.8 Å². The Morgan fingerprint density at radius 1 is 0.818 bits per heavy atom. The second-order valence-electron chi connectivity index (χ2n) is 8.24. The van der Waals surface area contributed by atoms with E-state index >= 15 is 0 Å². The summed E-state index contributed by atoms with van der Waals surface area (Å²) >= 11 is 0. The van der Waals surface area contributed by atoms with Crippen molar-refractivity contribution in [2.24, 2.45) is 0 Å². The molecule has 170 valence electrons. The van der Waals surface area contributed by atoms with E-state index < -0.39 is 10.0 Å². The molecular formula is C24H25N5O3S. The Morgan fingerprint density at radius 2 is 1.48 bits per heavy atom. The van der Waals surface area contributed by atoms with Crippen molar-refractivity contribution in [3.05, 3.63) is 89.0 Å². The molecular weight excluding hydrogens is 438 g/mol. The van der Waals surface area contributed by atoms with Crippen LogP contribution in [0.5, 0.6) is 0 Å². The van der Waals surface area contributed by atoms with Gasteiger partial charge in [0.1, 0.15) is 0 Å². The Balaban J connectivity index is 1.42. The zero-order valence-electron chi connectivity index (χ0n) is 18.3. The number of hydrogen-bond acceptors (Lipinski definition) is 5. The van der Waals surface area contributed by atoms with E-state index in [0.717, 1.165) is 29.0 Å². The van der Waals surface area contributed by atoms with E-state index in [-0.39, 0.29) is 5.69 Å². The van der Waals surface area contributed by atoms with E-state index in [4.69, 9.17) is 0 Å². The van der Waals surface area contributed by atoms with Crippen LogP contribution in [0.15, 0.2) is 77.7 Å². The predicted molar refractivity (Wildman–Crippen MR) is 128 cm³/mol. The number of pyridine rings is 1. The molecule has 8 nitrogen and oxygen atoms in total. The first-order valence-corrected chi connectivity index (χ1v) is 12.7. The summed E-state index contributed by atoms with van der Waals surface area (Å²) in [5, 5.41) is 0. The van der Waals surface area contributed by atoms with Gasteiger partial charge in [-0.05, 0) is 42.0 Å². The Kier molecular flexibility index (Phi) is 5.61. The third-order valence-electron chi connectivity index (χ3n) is 6.02. The number of fused-ring (bicyclic) bond motifs is 1. The van der Waals surface area contributed by atoms with Crippen molar-refractivity contribution in [3.63, 3.8) is 0 Å². The van der Waals surface area contributed by atoms with Crippen LogP contribution in [0, 0.1) is 0 Å². The van der Waals surface area contributed by atoms with Crippen LogP contribution in [-0.2, 0) is 16.6 Å². The molecule has 0 amide bonds. The van der Waals surface area contributed by atoms with Gasteiger partial charge in [-0.1, -0.05) is 30.3 Å². The molecule has 0 atom stereocenters. The number of hydrogen-bond donors (Lipinski definition) is 0. The Bertz CT molecular complexity index is 1440. The van der Waals surface area contributed by atoms with E-state index in [1.807, 2.05) is 66.7 Å². The second kappa shape index (κ2) is 8.58. The van der Waals surface area contributed by atoms with Crippen molar-refractivity contribution in [2.45, 2.75) is 6.54 Å². The molecule has 0 N–H and O–H groups in total. The summed E-state index contributed by atoms with van der Waals surface area (Å²) in [5.74, 6) is 0. The summed E-state index contributed by atoms with van der Waals surface area (Å²) in [6.07, 6.45) is 2.95. The number of sulfonamides is 1. The predicted octanol–water partition coefficient (Wildman–Crippen LogP) is 2.25. The summed E-state index contributed by atoms with van der Waals surface area (Å²) in [6.45, 7) is 3.15. The van der Waals surface area contributed by atoms with Crippen molar-refractivity contribution >= 4 is 21.2 Å². The molecule has 1 saturated heterocycles. The minimum Gasteiger partial charge on any atom is -0.296 e. The maximum atomic E-state index is 13.4. The van der Waals surface area contributed by atoms with Gasteiger partial charge in [0, 0.05) is 38.9 Å². The molecule has 3 heterocycles. The van der Waals surface area contributed by atoms with E-state index in [0.29, 0.717) is 31.8 Å². The standard InChI is InChI=1S/C24H25N5O3S/c1-33(31,32)27-16-14-26(15-17-27)18-19-9-11-21(12-10-19)29-23-22(8-5-13-25-23)28(24(29)30)20-6-3-2-4-7-20/h2-13H,14-18H2,1H3. The molecule has 33 heavy (non-hydrogen) atoms. The average molecular weight is 464 g/mol. The van der Waals surface area contributed by atoms with Gasteiger partial charge in [0.05, 0.1) is 23.1 Å². The van der Waals surface area contributed by atoms with Crippen LogP contribution < -0.4 is 5.69 Å². The molecule has 2 aromatic carbocycles. The maximum Gasteiger partial charge on any atom is 0.339 e. The monoisotopic (exact) mass is 463 g/mol. The fraction of sp³-hybridized carbons (Fsp3) is 0.250. The Hall–Kier alpha value is -3.27. The Labute approximate surface area is 192 Å². The highest BCUT2D eigenvalue weighted by atomic mass is 32.2. The molecule has 0 aliphatic carbocycles. The van der Waals surface area contributed by atoms with Gasteiger partial charge in [0.15, 0.2) is 5.65 Å². The van der Waals surface area contributed by atoms with E-state index in [1.165, 1.54) is 10.6 Å². The molecule has 0 radical (unpaired) electrons. The lowest BCUT2D eigenvalue weighted by Crippen LogP contribution is -2.47. The van der Waals surface area contributed by atoms with Crippen molar-refractivity contribution < 1.29 is 8.42 Å². The first-order chi connectivity index (χ1) is 15.9. The van der Waals surface area contributed by atoms with Crippen molar-refractivity contribution in [1.82, 2.24) is 23.3 Å². The lowest BCUT2D eigenvalue weighted by Gasteiger charge is -2.33. The zero-order valence-corrected chi connectivity index (χ0v) is 19.1. The molecule has 1 fully saturated rings. The van der Waals surface area contributed by atoms with Crippen molar-refractivity contribution in [2.75, 3.05) is 32.4 Å². The van der Waals surface area contributed by atoms with E-state index in [1.54, 1.807) is 15.3 Å². The quantitative estimate of drug-likeness (QED) is 0.454. The first-order valence-electron chi connectivity index (χ1n) is 10.8. The maximum absolute atomic E-state index is 13.4. The number of imidazole rings is 1. The molecule has 5 rings (SSSR count). The fourth-order valence-corrected chi connectivity index (χ4v) is 5.14. The van der Waals surface area contributed by atoms with Gasteiger partial charge in [0.25, 0.3) is 0 Å².